The predicted molar refractivity (Wildman–Crippen MR) is 153 cm³/mol. The van der Waals surface area contributed by atoms with Gasteiger partial charge in [0.1, 0.15) is 23.4 Å². The molecule has 0 heterocycles. The van der Waals surface area contributed by atoms with Crippen molar-refractivity contribution in [3.05, 3.63) is 65.7 Å². The second kappa shape index (κ2) is 14.6. The first-order valence-corrected chi connectivity index (χ1v) is 13.8. The fourth-order valence-electron chi connectivity index (χ4n) is 4.39. The topological polar surface area (TPSA) is 108 Å². The lowest BCUT2D eigenvalue weighted by atomic mass is 9.97. The van der Waals surface area contributed by atoms with Gasteiger partial charge in [-0.15, -0.1) is 0 Å². The molecule has 39 heavy (non-hydrogen) atoms. The molecule has 0 fully saturated rings. The third-order valence-corrected chi connectivity index (χ3v) is 6.44. The minimum atomic E-state index is -1.01. The van der Waals surface area contributed by atoms with Crippen LogP contribution < -0.4 is 10.6 Å². The maximum atomic E-state index is 14.4. The van der Waals surface area contributed by atoms with Crippen LogP contribution in [0.5, 0.6) is 5.75 Å². The Morgan fingerprint density at radius 1 is 0.949 bits per heavy atom. The van der Waals surface area contributed by atoms with Crippen molar-refractivity contribution in [3.8, 4) is 5.75 Å². The Bertz CT molecular complexity index is 1070. The molecule has 214 valence electrons. The van der Waals surface area contributed by atoms with Crippen molar-refractivity contribution in [2.45, 2.75) is 104 Å². The second-order valence-corrected chi connectivity index (χ2v) is 11.1. The smallest absolute Gasteiger partial charge is 0.408 e. The zero-order valence-electron chi connectivity index (χ0n) is 24.4. The third-order valence-electron chi connectivity index (χ3n) is 6.44. The minimum Gasteiger partial charge on any atom is -0.508 e. The molecule has 8 nitrogen and oxygen atoms in total. The molecular formula is C31H45N3O5. The van der Waals surface area contributed by atoms with Crippen LogP contribution in [0.2, 0.25) is 0 Å². The minimum absolute atomic E-state index is 0.0599. The monoisotopic (exact) mass is 539 g/mol. The summed E-state index contributed by atoms with van der Waals surface area (Å²) in [6.07, 6.45) is 1.76. The average molecular weight is 540 g/mol. The van der Waals surface area contributed by atoms with Gasteiger partial charge in [0, 0.05) is 18.5 Å². The zero-order chi connectivity index (χ0) is 29.2. The lowest BCUT2D eigenvalue weighted by molar-refractivity contribution is -0.145. The van der Waals surface area contributed by atoms with Gasteiger partial charge in [0.15, 0.2) is 0 Å². The molecule has 2 aromatic rings. The highest BCUT2D eigenvalue weighted by Crippen LogP contribution is 2.27. The van der Waals surface area contributed by atoms with Gasteiger partial charge in [0.05, 0.1) is 0 Å². The Hall–Kier alpha value is -3.55. The van der Waals surface area contributed by atoms with Crippen LogP contribution in [-0.2, 0) is 20.7 Å². The second-order valence-electron chi connectivity index (χ2n) is 11.1. The summed E-state index contributed by atoms with van der Waals surface area (Å²) in [4.78, 5) is 42.6. The van der Waals surface area contributed by atoms with E-state index in [-0.39, 0.29) is 30.2 Å². The Balaban J connectivity index is 2.55. The highest BCUT2D eigenvalue weighted by molar-refractivity contribution is 5.92. The largest absolute Gasteiger partial charge is 0.508 e. The fourth-order valence-corrected chi connectivity index (χ4v) is 4.39. The summed E-state index contributed by atoms with van der Waals surface area (Å²) in [7, 11) is 0. The number of phenolic OH excluding ortho intramolecular Hbond substituents is 1. The van der Waals surface area contributed by atoms with Crippen LogP contribution >= 0.6 is 0 Å². The van der Waals surface area contributed by atoms with E-state index < -0.39 is 29.7 Å². The molecule has 8 heteroatoms. The van der Waals surface area contributed by atoms with Crippen molar-refractivity contribution in [2.24, 2.45) is 0 Å². The molecule has 0 aliphatic heterocycles. The number of phenols is 1. The molecule has 3 amide bonds. The number of rotatable bonds is 12. The SMILES string of the molecule is CCCC(C)NC(=O)C(c1ccccc1)N(C(=O)C(Cc1ccc(O)cc1)NC(=O)OC(C)(C)C)C(C)CC. The van der Waals surface area contributed by atoms with Crippen LogP contribution in [0.1, 0.15) is 84.9 Å². The number of nitrogens with zero attached hydrogens (tertiary/aromatic N) is 1. The molecule has 0 saturated carbocycles. The maximum absolute atomic E-state index is 14.4. The molecule has 0 saturated heterocycles. The van der Waals surface area contributed by atoms with Crippen molar-refractivity contribution < 1.29 is 24.2 Å². The van der Waals surface area contributed by atoms with E-state index in [9.17, 15) is 19.5 Å². The number of hydrogen-bond donors (Lipinski definition) is 3. The number of aromatic hydroxyl groups is 1. The molecule has 4 unspecified atom stereocenters. The van der Waals surface area contributed by atoms with Crippen LogP contribution in [0.15, 0.2) is 54.6 Å². The van der Waals surface area contributed by atoms with Gasteiger partial charge in [-0.2, -0.15) is 0 Å². The molecule has 0 bridgehead atoms. The normalized spacial score (nSPS) is 14.4. The van der Waals surface area contributed by atoms with E-state index in [0.29, 0.717) is 12.0 Å². The summed E-state index contributed by atoms with van der Waals surface area (Å²) < 4.78 is 5.47. The Labute approximate surface area is 233 Å². The number of hydrogen-bond acceptors (Lipinski definition) is 5. The van der Waals surface area contributed by atoms with Gasteiger partial charge in [-0.1, -0.05) is 62.7 Å². The van der Waals surface area contributed by atoms with E-state index in [2.05, 4.69) is 17.6 Å². The lowest BCUT2D eigenvalue weighted by Gasteiger charge is -2.38. The number of carbonyl (C=O) groups excluding carboxylic acids is 3. The summed E-state index contributed by atoms with van der Waals surface area (Å²) in [6, 6.07) is 13.4. The first-order valence-electron chi connectivity index (χ1n) is 13.8. The summed E-state index contributed by atoms with van der Waals surface area (Å²) >= 11 is 0. The van der Waals surface area contributed by atoms with E-state index in [1.807, 2.05) is 51.1 Å². The fraction of sp³-hybridized carbons (Fsp3) is 0.516. The molecule has 2 aromatic carbocycles. The van der Waals surface area contributed by atoms with E-state index in [4.69, 9.17) is 4.74 Å². The maximum Gasteiger partial charge on any atom is 0.408 e. The van der Waals surface area contributed by atoms with E-state index in [1.165, 1.54) is 12.1 Å². The van der Waals surface area contributed by atoms with Crippen LogP contribution in [-0.4, -0.2) is 51.6 Å². The quantitative estimate of drug-likeness (QED) is 0.330. The summed E-state index contributed by atoms with van der Waals surface area (Å²) in [5.41, 5.74) is 0.672. The van der Waals surface area contributed by atoms with Gasteiger partial charge in [-0.25, -0.2) is 4.79 Å². The van der Waals surface area contributed by atoms with Crippen LogP contribution in [0.4, 0.5) is 4.79 Å². The standard InChI is InChI=1S/C31H45N3O5/c1-8-13-21(3)32-28(36)27(24-14-11-10-12-15-24)34(22(4)9-2)29(37)26(33-30(38)39-31(5,6)7)20-23-16-18-25(35)19-17-23/h10-12,14-19,21-22,26-27,35H,8-9,13,20H2,1-7H3,(H,32,36)(H,33,38). The van der Waals surface area contributed by atoms with Crippen molar-refractivity contribution >= 4 is 17.9 Å². The lowest BCUT2D eigenvalue weighted by Crippen LogP contribution is -2.56. The summed E-state index contributed by atoms with van der Waals surface area (Å²) in [6.45, 7) is 13.1. The van der Waals surface area contributed by atoms with Crippen molar-refractivity contribution in [2.75, 3.05) is 0 Å². The van der Waals surface area contributed by atoms with Gasteiger partial charge < -0.3 is 25.4 Å². The summed E-state index contributed by atoms with van der Waals surface area (Å²) in [5.74, 6) is -0.558. The molecule has 0 aliphatic carbocycles. The number of benzene rings is 2. The summed E-state index contributed by atoms with van der Waals surface area (Å²) in [5, 5.41) is 15.6. The molecule has 4 atom stereocenters. The van der Waals surface area contributed by atoms with Crippen molar-refractivity contribution in [3.63, 3.8) is 0 Å². The van der Waals surface area contributed by atoms with Gasteiger partial charge in [-0.05, 0) is 70.7 Å². The number of carbonyl (C=O) groups is 3. The van der Waals surface area contributed by atoms with E-state index in [0.717, 1.165) is 18.4 Å². The van der Waals surface area contributed by atoms with E-state index in [1.54, 1.807) is 37.8 Å². The Morgan fingerprint density at radius 3 is 2.10 bits per heavy atom. The number of amides is 3. The Kier molecular flexibility index (Phi) is 11.8. The number of ether oxygens (including phenoxy) is 1. The van der Waals surface area contributed by atoms with E-state index >= 15 is 0 Å². The Morgan fingerprint density at radius 2 is 1.56 bits per heavy atom. The molecule has 0 aromatic heterocycles. The molecule has 0 aliphatic rings. The zero-order valence-corrected chi connectivity index (χ0v) is 24.4. The number of nitrogens with one attached hydrogen (secondary N) is 2. The van der Waals surface area contributed by atoms with Gasteiger partial charge in [-0.3, -0.25) is 9.59 Å². The average Bonchev–Trinajstić information content (AvgIpc) is 2.86. The van der Waals surface area contributed by atoms with Gasteiger partial charge >= 0.3 is 6.09 Å². The molecule has 0 radical (unpaired) electrons. The third kappa shape index (κ3) is 9.93. The molecule has 0 spiro atoms. The highest BCUT2D eigenvalue weighted by atomic mass is 16.6. The van der Waals surface area contributed by atoms with Crippen molar-refractivity contribution in [1.82, 2.24) is 15.5 Å². The van der Waals surface area contributed by atoms with Crippen LogP contribution in [0, 0.1) is 0 Å². The first-order chi connectivity index (χ1) is 18.4. The van der Waals surface area contributed by atoms with Gasteiger partial charge in [0.2, 0.25) is 11.8 Å². The van der Waals surface area contributed by atoms with Crippen LogP contribution in [0.3, 0.4) is 0 Å². The molecular weight excluding hydrogens is 494 g/mol. The number of alkyl carbamates (subject to hydrolysis) is 1. The molecule has 3 N–H and O–H groups in total. The highest BCUT2D eigenvalue weighted by Gasteiger charge is 2.38. The van der Waals surface area contributed by atoms with Crippen LogP contribution in [0.25, 0.3) is 0 Å². The molecule has 2 rings (SSSR count). The van der Waals surface area contributed by atoms with Crippen molar-refractivity contribution in [1.29, 1.82) is 0 Å². The predicted octanol–water partition coefficient (Wildman–Crippen LogP) is 5.50. The van der Waals surface area contributed by atoms with Gasteiger partial charge in [0.25, 0.3) is 0 Å². The first kappa shape index (κ1) is 31.7.